The van der Waals surface area contributed by atoms with Gasteiger partial charge in [0.2, 0.25) is 0 Å². The summed E-state index contributed by atoms with van der Waals surface area (Å²) in [5, 5.41) is 8.68. The molecule has 2 unspecified atom stereocenters. The average Bonchev–Trinajstić information content (AvgIpc) is 2.06. The molecule has 84 valence electrons. The molecule has 0 radical (unpaired) electrons. The van der Waals surface area contributed by atoms with Gasteiger partial charge in [0.25, 0.3) is 0 Å². The summed E-state index contributed by atoms with van der Waals surface area (Å²) in [5.74, 6) is 0. The van der Waals surface area contributed by atoms with Crippen LogP contribution >= 0.6 is 0 Å². The minimum Gasteiger partial charge on any atom is -0.663 e. The Morgan fingerprint density at radius 3 is 1.71 bits per heavy atom. The molecular weight excluding hydrogens is 226 g/mol. The number of nitrogens with zero attached hydrogens (tertiary/aromatic N) is 2. The first-order valence-electron chi connectivity index (χ1n) is 5.05. The molecule has 14 heavy (non-hydrogen) atoms. The van der Waals surface area contributed by atoms with Gasteiger partial charge >= 0.3 is 0 Å². The van der Waals surface area contributed by atoms with Gasteiger partial charge in [0.1, 0.15) is 0 Å². The third-order valence-corrected chi connectivity index (χ3v) is 1.68. The zero-order valence-corrected chi connectivity index (χ0v) is 13.7. The summed E-state index contributed by atoms with van der Waals surface area (Å²) >= 11 is 0. The van der Waals surface area contributed by atoms with Crippen LogP contribution in [-0.2, 0) is 19.5 Å². The summed E-state index contributed by atoms with van der Waals surface area (Å²) in [6.45, 7) is 13.5. The minimum atomic E-state index is 0. The van der Waals surface area contributed by atoms with Crippen molar-refractivity contribution in [2.45, 2.75) is 59.2 Å². The third kappa shape index (κ3) is 15.0. The first-order chi connectivity index (χ1) is 6.06. The van der Waals surface area contributed by atoms with Crippen molar-refractivity contribution in [1.29, 1.82) is 0 Å². The van der Waals surface area contributed by atoms with Crippen molar-refractivity contribution in [2.24, 2.45) is 0 Å². The molecule has 0 amide bonds. The first kappa shape index (κ1) is 20.0. The minimum absolute atomic E-state index is 0. The maximum Gasteiger partial charge on any atom is 0 e. The average molecular weight is 251 g/mol. The predicted molar refractivity (Wildman–Crippen MR) is 62.4 cm³/mol. The number of hydrogen-bond acceptors (Lipinski definition) is 0. The van der Waals surface area contributed by atoms with Crippen LogP contribution in [0.5, 0.6) is 0 Å². The van der Waals surface area contributed by atoms with E-state index < -0.39 is 0 Å². The molecule has 0 rings (SSSR count). The van der Waals surface area contributed by atoms with Crippen LogP contribution in [-0.4, -0.2) is 25.2 Å². The van der Waals surface area contributed by atoms with Gasteiger partial charge in [0.05, 0.1) is 0 Å². The summed E-state index contributed by atoms with van der Waals surface area (Å²) in [6, 6.07) is 1.36. The maximum atomic E-state index is 4.51. The molecular formula is C11H25N2Zn-3. The van der Waals surface area contributed by atoms with Crippen LogP contribution in [0.15, 0.2) is 0 Å². The molecule has 0 saturated carbocycles. The van der Waals surface area contributed by atoms with Gasteiger partial charge < -0.3 is 17.6 Å². The molecule has 0 saturated heterocycles. The summed E-state index contributed by atoms with van der Waals surface area (Å²) in [5.41, 5.74) is 0. The molecule has 0 spiro atoms. The van der Waals surface area contributed by atoms with Gasteiger partial charge in [-0.25, -0.2) is 0 Å². The van der Waals surface area contributed by atoms with Crippen molar-refractivity contribution in [3.8, 4) is 0 Å². The maximum absolute atomic E-state index is 4.51. The normalized spacial score (nSPS) is 13.7. The summed E-state index contributed by atoms with van der Waals surface area (Å²) < 4.78 is 0. The quantitative estimate of drug-likeness (QED) is 0.525. The Morgan fingerprint density at radius 2 is 1.43 bits per heavy atom. The van der Waals surface area contributed by atoms with Gasteiger partial charge in [-0.3, -0.25) is 0 Å². The molecule has 0 aliphatic rings. The fourth-order valence-corrected chi connectivity index (χ4v) is 1.17. The van der Waals surface area contributed by atoms with Crippen molar-refractivity contribution >= 4 is 0 Å². The third-order valence-electron chi connectivity index (χ3n) is 1.68. The van der Waals surface area contributed by atoms with E-state index in [2.05, 4.69) is 45.3 Å². The Labute approximate surface area is 103 Å². The van der Waals surface area contributed by atoms with Crippen LogP contribution in [0, 0.1) is 6.92 Å². The second-order valence-corrected chi connectivity index (χ2v) is 3.43. The molecule has 0 bridgehead atoms. The van der Waals surface area contributed by atoms with Gasteiger partial charge in [-0.15, -0.1) is 18.1 Å². The zero-order chi connectivity index (χ0) is 10.9. The van der Waals surface area contributed by atoms with E-state index in [0.29, 0.717) is 18.1 Å². The van der Waals surface area contributed by atoms with Gasteiger partial charge in [-0.1, -0.05) is 34.1 Å². The SMILES string of the molecule is C[N-]C(C)CC(C)[N-]C(C)C.[CH2-]C.[Zn]. The molecule has 0 aliphatic heterocycles. The van der Waals surface area contributed by atoms with Crippen molar-refractivity contribution in [1.82, 2.24) is 0 Å². The van der Waals surface area contributed by atoms with Crippen LogP contribution < -0.4 is 0 Å². The number of rotatable bonds is 5. The molecule has 0 N–H and O–H groups in total. The molecule has 0 fully saturated rings. The summed E-state index contributed by atoms with van der Waals surface area (Å²) in [6.07, 6.45) is 1.08. The fraction of sp³-hybridized carbons (Fsp3) is 0.909. The second-order valence-electron chi connectivity index (χ2n) is 3.43. The zero-order valence-electron chi connectivity index (χ0n) is 10.7. The van der Waals surface area contributed by atoms with E-state index in [1.54, 1.807) is 6.92 Å². The molecule has 2 nitrogen and oxygen atoms in total. The number of hydrogen-bond donors (Lipinski definition) is 0. The van der Waals surface area contributed by atoms with Crippen LogP contribution in [0.2, 0.25) is 0 Å². The van der Waals surface area contributed by atoms with Gasteiger partial charge in [0.15, 0.2) is 0 Å². The fourth-order valence-electron chi connectivity index (χ4n) is 1.17. The largest absolute Gasteiger partial charge is 0.663 e. The molecule has 2 atom stereocenters. The molecule has 0 aromatic rings. The molecule has 0 aliphatic carbocycles. The van der Waals surface area contributed by atoms with Crippen molar-refractivity contribution < 1.29 is 19.5 Å². The van der Waals surface area contributed by atoms with E-state index in [1.165, 1.54) is 0 Å². The van der Waals surface area contributed by atoms with Crippen LogP contribution in [0.4, 0.5) is 0 Å². The van der Waals surface area contributed by atoms with Gasteiger partial charge in [0, 0.05) is 19.5 Å². The Morgan fingerprint density at radius 1 is 1.00 bits per heavy atom. The van der Waals surface area contributed by atoms with E-state index in [0.717, 1.165) is 6.42 Å². The van der Waals surface area contributed by atoms with Crippen molar-refractivity contribution in [3.63, 3.8) is 0 Å². The van der Waals surface area contributed by atoms with Gasteiger partial charge in [-0.05, 0) is 0 Å². The van der Waals surface area contributed by atoms with Crippen LogP contribution in [0.3, 0.4) is 0 Å². The second kappa shape index (κ2) is 13.5. The van der Waals surface area contributed by atoms with E-state index >= 15 is 0 Å². The van der Waals surface area contributed by atoms with Crippen LogP contribution in [0.25, 0.3) is 10.6 Å². The molecule has 0 aromatic heterocycles. The van der Waals surface area contributed by atoms with E-state index in [1.807, 2.05) is 7.05 Å². The molecule has 3 heteroatoms. The van der Waals surface area contributed by atoms with Gasteiger partial charge in [-0.2, -0.15) is 14.0 Å². The topological polar surface area (TPSA) is 28.2 Å². The standard InChI is InChI=1S/C9H20N2.C2H5.Zn/c1-7(2)11-9(4)6-8(3)10-5;1-2;/h7-9H,6H2,1-5H3;1H2,2H3;/q-2;-1;. The summed E-state index contributed by atoms with van der Waals surface area (Å²) in [4.78, 5) is 0. The monoisotopic (exact) mass is 249 g/mol. The molecule has 0 aromatic carbocycles. The van der Waals surface area contributed by atoms with E-state index in [9.17, 15) is 0 Å². The van der Waals surface area contributed by atoms with E-state index in [-0.39, 0.29) is 19.5 Å². The smallest absolute Gasteiger partial charge is 0 e. The molecule has 0 heterocycles. The summed E-state index contributed by atoms with van der Waals surface area (Å²) in [7, 11) is 1.87. The Bertz CT molecular complexity index is 97.3. The Kier molecular flexibility index (Phi) is 19.4. The first-order valence-corrected chi connectivity index (χ1v) is 5.05. The van der Waals surface area contributed by atoms with Crippen LogP contribution in [0.1, 0.15) is 41.0 Å². The predicted octanol–water partition coefficient (Wildman–Crippen LogP) is 3.78. The van der Waals surface area contributed by atoms with Crippen molar-refractivity contribution in [3.05, 3.63) is 17.6 Å². The Hall–Kier alpha value is 0.543. The van der Waals surface area contributed by atoms with E-state index in [4.69, 9.17) is 0 Å². The van der Waals surface area contributed by atoms with Crippen molar-refractivity contribution in [2.75, 3.05) is 7.05 Å². The Balaban J connectivity index is -0.000000376.